The van der Waals surface area contributed by atoms with E-state index in [0.29, 0.717) is 0 Å². The summed E-state index contributed by atoms with van der Waals surface area (Å²) in [6.07, 6.45) is 5.80. The Morgan fingerprint density at radius 3 is 2.43 bits per heavy atom. The SMILES string of the molecule is O=C(Nc1c2c(cc3c1CCC3)CCC2)NS1(=O)=NC(=O)c2cccc(F)c21. The number of urea groups is 1. The van der Waals surface area contributed by atoms with Crippen LogP contribution in [0.5, 0.6) is 0 Å². The largest absolute Gasteiger partial charge is 0.331 e. The maximum atomic E-state index is 14.2. The van der Waals surface area contributed by atoms with Gasteiger partial charge in [0.1, 0.15) is 10.7 Å². The number of amides is 3. The van der Waals surface area contributed by atoms with Crippen molar-refractivity contribution in [3.05, 3.63) is 57.9 Å². The number of nitrogens with zero attached hydrogens (tertiary/aromatic N) is 1. The van der Waals surface area contributed by atoms with Crippen molar-refractivity contribution >= 4 is 27.5 Å². The van der Waals surface area contributed by atoms with Crippen LogP contribution in [0.25, 0.3) is 0 Å². The zero-order valence-corrected chi connectivity index (χ0v) is 15.8. The Morgan fingerprint density at radius 2 is 1.75 bits per heavy atom. The Labute approximate surface area is 161 Å². The lowest BCUT2D eigenvalue weighted by Crippen LogP contribution is -2.34. The van der Waals surface area contributed by atoms with Crippen molar-refractivity contribution in [3.8, 4) is 0 Å². The zero-order valence-electron chi connectivity index (χ0n) is 15.0. The van der Waals surface area contributed by atoms with Gasteiger partial charge in [-0.1, -0.05) is 12.1 Å². The van der Waals surface area contributed by atoms with E-state index in [0.717, 1.165) is 61.4 Å². The topological polar surface area (TPSA) is 87.6 Å². The molecule has 5 rings (SSSR count). The average Bonchev–Trinajstić information content (AvgIpc) is 3.34. The van der Waals surface area contributed by atoms with Gasteiger partial charge in [0.05, 0.1) is 5.56 Å². The van der Waals surface area contributed by atoms with E-state index in [-0.39, 0.29) is 10.5 Å². The summed E-state index contributed by atoms with van der Waals surface area (Å²) in [4.78, 5) is 24.4. The fourth-order valence-corrected chi connectivity index (χ4v) is 6.13. The van der Waals surface area contributed by atoms with E-state index >= 15 is 0 Å². The lowest BCUT2D eigenvalue weighted by molar-refractivity contribution is 0.100. The number of hydrogen-bond acceptors (Lipinski definition) is 3. The Bertz CT molecular complexity index is 1150. The molecule has 0 spiro atoms. The van der Waals surface area contributed by atoms with Gasteiger partial charge >= 0.3 is 6.03 Å². The Morgan fingerprint density at radius 1 is 1.07 bits per heavy atom. The van der Waals surface area contributed by atoms with Crippen LogP contribution in [0.4, 0.5) is 14.9 Å². The number of aryl methyl sites for hydroxylation is 2. The summed E-state index contributed by atoms with van der Waals surface area (Å²) in [7, 11) is -3.70. The maximum absolute atomic E-state index is 14.2. The molecular formula is C20H18FN3O3S. The minimum atomic E-state index is -3.70. The third-order valence-electron chi connectivity index (χ3n) is 5.63. The van der Waals surface area contributed by atoms with Gasteiger partial charge in [-0.2, -0.15) is 0 Å². The van der Waals surface area contributed by atoms with Crippen molar-refractivity contribution in [2.45, 2.75) is 43.4 Å². The number of halogens is 1. The normalized spacial score (nSPS) is 21.7. The molecule has 3 aliphatic rings. The molecule has 1 unspecified atom stereocenters. The highest BCUT2D eigenvalue weighted by Crippen LogP contribution is 2.38. The van der Waals surface area contributed by atoms with E-state index in [1.54, 1.807) is 0 Å². The summed E-state index contributed by atoms with van der Waals surface area (Å²) in [5, 5.41) is 2.84. The van der Waals surface area contributed by atoms with E-state index in [2.05, 4.69) is 20.5 Å². The third-order valence-corrected chi connectivity index (χ3v) is 7.48. The van der Waals surface area contributed by atoms with Crippen LogP contribution in [0.3, 0.4) is 0 Å². The maximum Gasteiger partial charge on any atom is 0.331 e. The summed E-state index contributed by atoms with van der Waals surface area (Å²) in [5.74, 6) is -1.61. The molecule has 6 nitrogen and oxygen atoms in total. The third kappa shape index (κ3) is 2.55. The Kier molecular flexibility index (Phi) is 3.80. The molecule has 0 radical (unpaired) electrons. The molecule has 1 atom stereocenters. The first-order valence-electron chi connectivity index (χ1n) is 9.31. The van der Waals surface area contributed by atoms with Gasteiger partial charge in [-0.15, -0.1) is 4.36 Å². The van der Waals surface area contributed by atoms with E-state index < -0.39 is 27.7 Å². The van der Waals surface area contributed by atoms with Crippen molar-refractivity contribution in [1.29, 1.82) is 0 Å². The zero-order chi connectivity index (χ0) is 19.5. The van der Waals surface area contributed by atoms with Crippen LogP contribution in [0.15, 0.2) is 33.5 Å². The molecule has 2 aliphatic carbocycles. The first-order valence-corrected chi connectivity index (χ1v) is 10.8. The molecule has 144 valence electrons. The lowest BCUT2D eigenvalue weighted by atomic mass is 9.99. The number of carbonyl (C=O) groups is 2. The average molecular weight is 399 g/mol. The second kappa shape index (κ2) is 6.13. The van der Waals surface area contributed by atoms with Gasteiger partial charge in [0.2, 0.25) is 0 Å². The molecule has 0 aromatic heterocycles. The van der Waals surface area contributed by atoms with Crippen LogP contribution in [0.2, 0.25) is 0 Å². The highest BCUT2D eigenvalue weighted by molar-refractivity contribution is 7.93. The number of benzene rings is 2. The van der Waals surface area contributed by atoms with Crippen LogP contribution in [0, 0.1) is 5.82 Å². The molecule has 2 aromatic rings. The number of anilines is 1. The molecule has 8 heteroatoms. The number of fused-ring (bicyclic) bond motifs is 3. The predicted octanol–water partition coefficient (Wildman–Crippen LogP) is 3.52. The van der Waals surface area contributed by atoms with Gasteiger partial charge in [-0.3, -0.25) is 4.79 Å². The molecule has 0 fully saturated rings. The molecule has 3 amide bonds. The molecule has 0 bridgehead atoms. The standard InChI is InChI=1S/C20H18FN3O3S/c21-16-9-3-8-15-18(16)28(27,23-19(15)25)24-20(26)22-17-13-6-1-4-11(13)10-12-5-2-7-14(12)17/h3,8-10H,1-2,4-7H2,(H2,22,23,24,25,26,27). The fourth-order valence-electron chi connectivity index (χ4n) is 4.48. The molecule has 1 heterocycles. The second-order valence-corrected chi connectivity index (χ2v) is 9.18. The molecule has 0 saturated heterocycles. The van der Waals surface area contributed by atoms with E-state index in [1.807, 2.05) is 0 Å². The van der Waals surface area contributed by atoms with E-state index in [1.165, 1.54) is 23.3 Å². The monoisotopic (exact) mass is 399 g/mol. The van der Waals surface area contributed by atoms with Gasteiger partial charge in [-0.25, -0.2) is 18.1 Å². The van der Waals surface area contributed by atoms with Crippen LogP contribution < -0.4 is 10.0 Å². The summed E-state index contributed by atoms with van der Waals surface area (Å²) in [6, 6.07) is 5.30. The first kappa shape index (κ1) is 17.4. The molecule has 2 aromatic carbocycles. The molecule has 1 aliphatic heterocycles. The predicted molar refractivity (Wildman–Crippen MR) is 102 cm³/mol. The quantitative estimate of drug-likeness (QED) is 0.810. The van der Waals surface area contributed by atoms with Crippen LogP contribution in [-0.4, -0.2) is 16.1 Å². The van der Waals surface area contributed by atoms with Gasteiger partial charge in [0.15, 0.2) is 9.92 Å². The fraction of sp³-hybridized carbons (Fsp3) is 0.300. The van der Waals surface area contributed by atoms with Gasteiger partial charge in [0.25, 0.3) is 5.91 Å². The molecule has 28 heavy (non-hydrogen) atoms. The van der Waals surface area contributed by atoms with Gasteiger partial charge in [-0.05, 0) is 72.9 Å². The molecule has 2 N–H and O–H groups in total. The lowest BCUT2D eigenvalue weighted by Gasteiger charge is -2.17. The van der Waals surface area contributed by atoms with E-state index in [4.69, 9.17) is 0 Å². The van der Waals surface area contributed by atoms with Gasteiger partial charge in [0, 0.05) is 5.69 Å². The Hall–Kier alpha value is -2.74. The summed E-state index contributed by atoms with van der Waals surface area (Å²) >= 11 is 0. The number of rotatable bonds is 2. The summed E-state index contributed by atoms with van der Waals surface area (Å²) < 4.78 is 33.2. The smallest absolute Gasteiger partial charge is 0.307 e. The van der Waals surface area contributed by atoms with Crippen LogP contribution in [0.1, 0.15) is 45.5 Å². The van der Waals surface area contributed by atoms with Crippen molar-refractivity contribution in [1.82, 2.24) is 4.72 Å². The minimum absolute atomic E-state index is 0.0770. The van der Waals surface area contributed by atoms with Crippen LogP contribution >= 0.6 is 0 Å². The van der Waals surface area contributed by atoms with Crippen molar-refractivity contribution < 1.29 is 18.2 Å². The van der Waals surface area contributed by atoms with Crippen molar-refractivity contribution in [2.24, 2.45) is 4.36 Å². The minimum Gasteiger partial charge on any atom is -0.307 e. The highest BCUT2D eigenvalue weighted by atomic mass is 32.2. The Balaban J connectivity index is 1.49. The number of hydrogen-bond donors (Lipinski definition) is 2. The summed E-state index contributed by atoms with van der Waals surface area (Å²) in [6.45, 7) is 0. The van der Waals surface area contributed by atoms with Crippen molar-refractivity contribution in [2.75, 3.05) is 5.32 Å². The second-order valence-electron chi connectivity index (χ2n) is 7.33. The van der Waals surface area contributed by atoms with Crippen molar-refractivity contribution in [3.63, 3.8) is 0 Å². The molecule has 0 saturated carbocycles. The number of nitrogens with one attached hydrogen (secondary N) is 2. The molecular weight excluding hydrogens is 381 g/mol. The first-order chi connectivity index (χ1) is 13.5. The highest BCUT2D eigenvalue weighted by Gasteiger charge is 2.34. The summed E-state index contributed by atoms with van der Waals surface area (Å²) in [5.41, 5.74) is 5.44. The van der Waals surface area contributed by atoms with Crippen LogP contribution in [-0.2, 0) is 35.6 Å². The number of carbonyl (C=O) groups excluding carboxylic acids is 2. The van der Waals surface area contributed by atoms with E-state index in [9.17, 15) is 18.2 Å². The van der Waals surface area contributed by atoms with Gasteiger partial charge < -0.3 is 5.32 Å².